The van der Waals surface area contributed by atoms with Crippen molar-refractivity contribution in [3.05, 3.63) is 28.8 Å². The van der Waals surface area contributed by atoms with E-state index in [-0.39, 0.29) is 6.10 Å². The van der Waals surface area contributed by atoms with Gasteiger partial charge in [0.1, 0.15) is 6.07 Å². The van der Waals surface area contributed by atoms with Crippen LogP contribution in [0.3, 0.4) is 0 Å². The van der Waals surface area contributed by atoms with E-state index in [0.29, 0.717) is 37.0 Å². The van der Waals surface area contributed by atoms with Crippen LogP contribution in [0.1, 0.15) is 5.56 Å². The third-order valence-electron chi connectivity index (χ3n) is 2.51. The highest BCUT2D eigenvalue weighted by molar-refractivity contribution is 6.30. The van der Waals surface area contributed by atoms with Crippen LogP contribution in [-0.4, -0.2) is 32.5 Å². The van der Waals surface area contributed by atoms with E-state index in [4.69, 9.17) is 26.3 Å². The van der Waals surface area contributed by atoms with Crippen LogP contribution < -0.4 is 5.32 Å². The third-order valence-corrected chi connectivity index (χ3v) is 2.74. The van der Waals surface area contributed by atoms with Gasteiger partial charge in [-0.25, -0.2) is 0 Å². The molecule has 1 saturated heterocycles. The molecule has 17 heavy (non-hydrogen) atoms. The van der Waals surface area contributed by atoms with Gasteiger partial charge in [0.05, 0.1) is 37.2 Å². The summed E-state index contributed by atoms with van der Waals surface area (Å²) in [5, 5.41) is 12.7. The van der Waals surface area contributed by atoms with Crippen molar-refractivity contribution >= 4 is 17.3 Å². The number of nitrogens with one attached hydrogen (secondary N) is 1. The molecule has 0 spiro atoms. The predicted molar refractivity (Wildman–Crippen MR) is 65.2 cm³/mol. The van der Waals surface area contributed by atoms with Gasteiger partial charge in [0.2, 0.25) is 0 Å². The number of nitrogens with zero attached hydrogens (tertiary/aromatic N) is 1. The van der Waals surface area contributed by atoms with Crippen molar-refractivity contribution in [3.63, 3.8) is 0 Å². The highest BCUT2D eigenvalue weighted by Crippen LogP contribution is 2.20. The molecule has 1 aromatic carbocycles. The predicted octanol–water partition coefficient (Wildman–Crippen LogP) is 2.04. The standard InChI is InChI=1S/C12H13ClN2O2/c13-10-1-2-12(9(5-10)6-14)15-7-11-8-16-3-4-17-11/h1-2,5,11,15H,3-4,7-8H2. The highest BCUT2D eigenvalue weighted by atomic mass is 35.5. The molecule has 4 nitrogen and oxygen atoms in total. The van der Waals surface area contributed by atoms with E-state index in [1.807, 2.05) is 0 Å². The molecular weight excluding hydrogens is 240 g/mol. The zero-order valence-corrected chi connectivity index (χ0v) is 10.0. The first-order valence-corrected chi connectivity index (χ1v) is 5.80. The normalized spacial score (nSPS) is 19.6. The second-order valence-corrected chi connectivity index (χ2v) is 4.19. The molecule has 1 aromatic rings. The van der Waals surface area contributed by atoms with Crippen LogP contribution in [0.2, 0.25) is 5.02 Å². The Hall–Kier alpha value is -1.28. The van der Waals surface area contributed by atoms with Gasteiger partial charge < -0.3 is 14.8 Å². The lowest BCUT2D eigenvalue weighted by molar-refractivity contribution is -0.0818. The summed E-state index contributed by atoms with van der Waals surface area (Å²) in [7, 11) is 0. The topological polar surface area (TPSA) is 54.3 Å². The van der Waals surface area contributed by atoms with Gasteiger partial charge in [-0.15, -0.1) is 0 Å². The smallest absolute Gasteiger partial charge is 0.101 e. The molecule has 1 fully saturated rings. The molecule has 2 rings (SSSR count). The van der Waals surface area contributed by atoms with E-state index in [1.54, 1.807) is 18.2 Å². The minimum atomic E-state index is 0.0333. The van der Waals surface area contributed by atoms with Gasteiger partial charge in [-0.1, -0.05) is 11.6 Å². The third kappa shape index (κ3) is 3.34. The van der Waals surface area contributed by atoms with Gasteiger partial charge in [0.15, 0.2) is 0 Å². The average Bonchev–Trinajstić information content (AvgIpc) is 2.38. The largest absolute Gasteiger partial charge is 0.381 e. The van der Waals surface area contributed by atoms with E-state index < -0.39 is 0 Å². The molecule has 1 aliphatic heterocycles. The van der Waals surface area contributed by atoms with Gasteiger partial charge in [-0.2, -0.15) is 5.26 Å². The summed E-state index contributed by atoms with van der Waals surface area (Å²) < 4.78 is 10.8. The molecule has 1 heterocycles. The fraction of sp³-hybridized carbons (Fsp3) is 0.417. The SMILES string of the molecule is N#Cc1cc(Cl)ccc1NCC1COCCO1. The molecule has 0 radical (unpaired) electrons. The second kappa shape index (κ2) is 5.87. The van der Waals surface area contributed by atoms with Crippen LogP contribution in [0.25, 0.3) is 0 Å². The van der Waals surface area contributed by atoms with Crippen molar-refractivity contribution < 1.29 is 9.47 Å². The molecule has 1 aliphatic rings. The summed E-state index contributed by atoms with van der Waals surface area (Å²) in [4.78, 5) is 0. The van der Waals surface area contributed by atoms with E-state index in [9.17, 15) is 0 Å². The summed E-state index contributed by atoms with van der Waals surface area (Å²) in [5.41, 5.74) is 1.31. The quantitative estimate of drug-likeness (QED) is 0.895. The molecule has 0 saturated carbocycles. The number of anilines is 1. The molecule has 1 unspecified atom stereocenters. The van der Waals surface area contributed by atoms with Crippen molar-refractivity contribution in [3.8, 4) is 6.07 Å². The van der Waals surface area contributed by atoms with Gasteiger partial charge >= 0.3 is 0 Å². The lowest BCUT2D eigenvalue weighted by atomic mass is 10.2. The van der Waals surface area contributed by atoms with Crippen molar-refractivity contribution in [2.45, 2.75) is 6.10 Å². The van der Waals surface area contributed by atoms with E-state index in [0.717, 1.165) is 5.69 Å². The maximum atomic E-state index is 8.98. The summed E-state index contributed by atoms with van der Waals surface area (Å²) in [6.07, 6.45) is 0.0333. The van der Waals surface area contributed by atoms with Gasteiger partial charge in [-0.3, -0.25) is 0 Å². The van der Waals surface area contributed by atoms with Crippen molar-refractivity contribution in [2.75, 3.05) is 31.7 Å². The first kappa shape index (κ1) is 12.2. The fourth-order valence-electron chi connectivity index (χ4n) is 1.64. The van der Waals surface area contributed by atoms with Crippen LogP contribution in [0, 0.1) is 11.3 Å². The Bertz CT molecular complexity index is 425. The molecule has 0 bridgehead atoms. The molecule has 0 aromatic heterocycles. The Morgan fingerprint density at radius 1 is 1.47 bits per heavy atom. The van der Waals surface area contributed by atoms with Crippen molar-refractivity contribution in [2.24, 2.45) is 0 Å². The Balaban J connectivity index is 1.96. The molecule has 1 N–H and O–H groups in total. The Kier molecular flexibility index (Phi) is 4.21. The number of benzene rings is 1. The molecule has 0 aliphatic carbocycles. The summed E-state index contributed by atoms with van der Waals surface area (Å²) in [6.45, 7) is 2.48. The number of ether oxygens (including phenoxy) is 2. The number of nitriles is 1. The maximum Gasteiger partial charge on any atom is 0.101 e. The van der Waals surface area contributed by atoms with E-state index in [1.165, 1.54) is 0 Å². The Labute approximate surface area is 105 Å². The maximum absolute atomic E-state index is 8.98. The molecule has 5 heteroatoms. The highest BCUT2D eigenvalue weighted by Gasteiger charge is 2.14. The Morgan fingerprint density at radius 3 is 3.06 bits per heavy atom. The van der Waals surface area contributed by atoms with E-state index in [2.05, 4.69) is 11.4 Å². The van der Waals surface area contributed by atoms with Crippen LogP contribution >= 0.6 is 11.6 Å². The van der Waals surface area contributed by atoms with Crippen molar-refractivity contribution in [1.82, 2.24) is 0 Å². The lowest BCUT2D eigenvalue weighted by Crippen LogP contribution is -2.34. The summed E-state index contributed by atoms with van der Waals surface area (Å²) in [6, 6.07) is 7.30. The molecular formula is C12H13ClN2O2. The molecule has 0 amide bonds. The number of hydrogen-bond donors (Lipinski definition) is 1. The summed E-state index contributed by atoms with van der Waals surface area (Å²) >= 11 is 5.82. The molecule has 1 atom stereocenters. The second-order valence-electron chi connectivity index (χ2n) is 3.75. The van der Waals surface area contributed by atoms with Gasteiger partial charge in [-0.05, 0) is 18.2 Å². The van der Waals surface area contributed by atoms with Crippen molar-refractivity contribution in [1.29, 1.82) is 5.26 Å². The fourth-order valence-corrected chi connectivity index (χ4v) is 1.81. The van der Waals surface area contributed by atoms with Gasteiger partial charge in [0, 0.05) is 11.6 Å². The zero-order chi connectivity index (χ0) is 12.1. The number of rotatable bonds is 3. The monoisotopic (exact) mass is 252 g/mol. The average molecular weight is 253 g/mol. The van der Waals surface area contributed by atoms with Crippen LogP contribution in [0.4, 0.5) is 5.69 Å². The number of hydrogen-bond acceptors (Lipinski definition) is 4. The van der Waals surface area contributed by atoms with Crippen LogP contribution in [0.5, 0.6) is 0 Å². The minimum absolute atomic E-state index is 0.0333. The number of halogens is 1. The lowest BCUT2D eigenvalue weighted by Gasteiger charge is -2.23. The first-order valence-electron chi connectivity index (χ1n) is 5.42. The zero-order valence-electron chi connectivity index (χ0n) is 9.28. The summed E-state index contributed by atoms with van der Waals surface area (Å²) in [5.74, 6) is 0. The minimum Gasteiger partial charge on any atom is -0.381 e. The van der Waals surface area contributed by atoms with E-state index >= 15 is 0 Å². The van der Waals surface area contributed by atoms with Gasteiger partial charge in [0.25, 0.3) is 0 Å². The Morgan fingerprint density at radius 2 is 2.35 bits per heavy atom. The van der Waals surface area contributed by atoms with Crippen LogP contribution in [-0.2, 0) is 9.47 Å². The van der Waals surface area contributed by atoms with Crippen LogP contribution in [0.15, 0.2) is 18.2 Å². The first-order chi connectivity index (χ1) is 8.29. The molecule has 90 valence electrons.